The van der Waals surface area contributed by atoms with Crippen LogP contribution in [-0.4, -0.2) is 39.1 Å². The van der Waals surface area contributed by atoms with Crippen LogP contribution in [0.5, 0.6) is 0 Å². The summed E-state index contributed by atoms with van der Waals surface area (Å²) in [7, 11) is 0. The van der Waals surface area contributed by atoms with Crippen molar-refractivity contribution in [2.24, 2.45) is 0 Å². The summed E-state index contributed by atoms with van der Waals surface area (Å²) >= 11 is 7.31. The molecule has 0 spiro atoms. The summed E-state index contributed by atoms with van der Waals surface area (Å²) in [5.74, 6) is -0.0881. The highest BCUT2D eigenvalue weighted by atomic mass is 35.5. The van der Waals surface area contributed by atoms with Gasteiger partial charge in [0.2, 0.25) is 5.91 Å². The van der Waals surface area contributed by atoms with Crippen molar-refractivity contribution in [3.63, 3.8) is 0 Å². The van der Waals surface area contributed by atoms with Crippen LogP contribution in [-0.2, 0) is 16.1 Å². The standard InChI is InChI=1S/C16H19ClN4O3S/c1-10-4-5-13(12(17)7-10)18-14(22)9-25-16-20-19-15(23)21(16)8-11-3-2-6-24-11/h4-5,7,11H,2-3,6,8-9H2,1H3,(H,18,22)(H,19,23)/t11-/m1/s1. The molecule has 2 aromatic rings. The third-order valence-corrected chi connectivity index (χ3v) is 5.15. The third-order valence-electron chi connectivity index (χ3n) is 3.86. The number of ether oxygens (including phenoxy) is 1. The molecule has 2 heterocycles. The maximum Gasteiger partial charge on any atom is 0.344 e. The highest BCUT2D eigenvalue weighted by Crippen LogP contribution is 2.23. The number of rotatable bonds is 6. The lowest BCUT2D eigenvalue weighted by Gasteiger charge is -2.11. The molecule has 0 aliphatic carbocycles. The first-order valence-corrected chi connectivity index (χ1v) is 9.35. The van der Waals surface area contributed by atoms with Crippen LogP contribution in [0.15, 0.2) is 28.2 Å². The molecule has 1 fully saturated rings. The minimum Gasteiger partial charge on any atom is -0.376 e. The molecular weight excluding hydrogens is 364 g/mol. The molecule has 0 radical (unpaired) electrons. The second kappa shape index (κ2) is 8.07. The van der Waals surface area contributed by atoms with E-state index in [9.17, 15) is 9.59 Å². The highest BCUT2D eigenvalue weighted by molar-refractivity contribution is 7.99. The van der Waals surface area contributed by atoms with E-state index in [4.69, 9.17) is 16.3 Å². The van der Waals surface area contributed by atoms with Gasteiger partial charge in [0.1, 0.15) is 0 Å². The molecule has 3 rings (SSSR count). The topological polar surface area (TPSA) is 89.0 Å². The Morgan fingerprint density at radius 2 is 2.40 bits per heavy atom. The number of aromatic nitrogens is 3. The molecule has 1 aromatic heterocycles. The van der Waals surface area contributed by atoms with E-state index in [1.165, 1.54) is 16.3 Å². The Hall–Kier alpha value is -1.77. The van der Waals surface area contributed by atoms with Gasteiger partial charge in [0.05, 0.1) is 29.1 Å². The molecule has 7 nitrogen and oxygen atoms in total. The Bertz CT molecular complexity index is 814. The van der Waals surface area contributed by atoms with Gasteiger partial charge >= 0.3 is 5.69 Å². The van der Waals surface area contributed by atoms with Crippen molar-refractivity contribution in [2.75, 3.05) is 17.7 Å². The van der Waals surface area contributed by atoms with Gasteiger partial charge in [-0.2, -0.15) is 0 Å². The van der Waals surface area contributed by atoms with Gasteiger partial charge in [-0.25, -0.2) is 9.89 Å². The van der Waals surface area contributed by atoms with Gasteiger partial charge in [-0.15, -0.1) is 5.10 Å². The molecule has 25 heavy (non-hydrogen) atoms. The maximum atomic E-state index is 12.1. The normalized spacial score (nSPS) is 17.0. The summed E-state index contributed by atoms with van der Waals surface area (Å²) < 4.78 is 7.08. The SMILES string of the molecule is Cc1ccc(NC(=O)CSc2n[nH]c(=O)n2C[C@H]2CCCO2)c(Cl)c1. The van der Waals surface area contributed by atoms with Crippen LogP contribution in [0.25, 0.3) is 0 Å². The number of amides is 1. The number of benzene rings is 1. The van der Waals surface area contributed by atoms with Crippen molar-refractivity contribution in [3.8, 4) is 0 Å². The molecule has 1 aromatic carbocycles. The predicted octanol–water partition coefficient (Wildman–Crippen LogP) is 2.44. The van der Waals surface area contributed by atoms with Gasteiger partial charge in [-0.3, -0.25) is 9.36 Å². The van der Waals surface area contributed by atoms with Gasteiger partial charge in [0.25, 0.3) is 0 Å². The molecular formula is C16H19ClN4O3S. The van der Waals surface area contributed by atoms with E-state index in [0.29, 0.717) is 22.4 Å². The summed E-state index contributed by atoms with van der Waals surface area (Å²) in [6, 6.07) is 5.43. The Balaban J connectivity index is 1.59. The summed E-state index contributed by atoms with van der Waals surface area (Å²) in [5.41, 5.74) is 1.30. The van der Waals surface area contributed by atoms with Crippen molar-refractivity contribution in [3.05, 3.63) is 39.3 Å². The van der Waals surface area contributed by atoms with Gasteiger partial charge < -0.3 is 10.1 Å². The number of hydrogen-bond acceptors (Lipinski definition) is 5. The number of nitrogens with zero attached hydrogens (tertiary/aromatic N) is 2. The van der Waals surface area contributed by atoms with Crippen LogP contribution < -0.4 is 11.0 Å². The van der Waals surface area contributed by atoms with Crippen LogP contribution >= 0.6 is 23.4 Å². The summed E-state index contributed by atoms with van der Waals surface area (Å²) in [4.78, 5) is 24.0. The van der Waals surface area contributed by atoms with Gasteiger partial charge in [-0.1, -0.05) is 29.4 Å². The van der Waals surface area contributed by atoms with Crippen LogP contribution in [0, 0.1) is 6.92 Å². The fourth-order valence-corrected chi connectivity index (χ4v) is 3.64. The summed E-state index contributed by atoms with van der Waals surface area (Å²) in [6.07, 6.45) is 1.95. The number of hydrogen-bond donors (Lipinski definition) is 2. The van der Waals surface area contributed by atoms with Gasteiger partial charge in [-0.05, 0) is 37.5 Å². The molecule has 1 atom stereocenters. The largest absolute Gasteiger partial charge is 0.376 e. The molecule has 1 amide bonds. The molecule has 2 N–H and O–H groups in total. The first-order chi connectivity index (χ1) is 12.0. The molecule has 0 bridgehead atoms. The lowest BCUT2D eigenvalue weighted by atomic mass is 10.2. The average Bonchev–Trinajstić information content (AvgIpc) is 3.20. The molecule has 134 valence electrons. The molecule has 1 aliphatic rings. The smallest absolute Gasteiger partial charge is 0.344 e. The zero-order chi connectivity index (χ0) is 17.8. The van der Waals surface area contributed by atoms with E-state index in [-0.39, 0.29) is 23.5 Å². The Morgan fingerprint density at radius 3 is 3.12 bits per heavy atom. The summed E-state index contributed by atoms with van der Waals surface area (Å²) in [5, 5.41) is 10.2. The highest BCUT2D eigenvalue weighted by Gasteiger charge is 2.20. The molecule has 0 saturated carbocycles. The van der Waals surface area contributed by atoms with Gasteiger partial charge in [0, 0.05) is 6.61 Å². The number of nitrogens with one attached hydrogen (secondary N) is 2. The van der Waals surface area contributed by atoms with Crippen LogP contribution in [0.2, 0.25) is 5.02 Å². The number of aryl methyl sites for hydroxylation is 1. The first-order valence-electron chi connectivity index (χ1n) is 7.98. The van der Waals surface area contributed by atoms with E-state index in [1.807, 2.05) is 13.0 Å². The number of aromatic amines is 1. The number of anilines is 1. The van der Waals surface area contributed by atoms with Crippen molar-refractivity contribution >= 4 is 35.0 Å². The molecule has 0 unspecified atom stereocenters. The van der Waals surface area contributed by atoms with E-state index in [1.54, 1.807) is 12.1 Å². The number of carbonyl (C=O) groups excluding carboxylic acids is 1. The zero-order valence-electron chi connectivity index (χ0n) is 13.8. The van der Waals surface area contributed by atoms with E-state index in [0.717, 1.165) is 25.0 Å². The zero-order valence-corrected chi connectivity index (χ0v) is 15.3. The second-order valence-electron chi connectivity index (χ2n) is 5.88. The summed E-state index contributed by atoms with van der Waals surface area (Å²) in [6.45, 7) is 3.10. The monoisotopic (exact) mass is 382 g/mol. The lowest BCUT2D eigenvalue weighted by Crippen LogP contribution is -2.25. The van der Waals surface area contributed by atoms with Crippen molar-refractivity contribution < 1.29 is 9.53 Å². The Morgan fingerprint density at radius 1 is 1.56 bits per heavy atom. The van der Waals surface area contributed by atoms with E-state index in [2.05, 4.69) is 15.5 Å². The van der Waals surface area contributed by atoms with Crippen LogP contribution in [0.1, 0.15) is 18.4 Å². The van der Waals surface area contributed by atoms with E-state index < -0.39 is 0 Å². The second-order valence-corrected chi connectivity index (χ2v) is 7.23. The molecule has 1 aliphatic heterocycles. The van der Waals surface area contributed by atoms with Gasteiger partial charge in [0.15, 0.2) is 5.16 Å². The minimum absolute atomic E-state index is 0.0230. The number of halogens is 1. The fourth-order valence-electron chi connectivity index (χ4n) is 2.60. The molecule has 9 heteroatoms. The number of H-pyrrole nitrogens is 1. The number of carbonyl (C=O) groups is 1. The van der Waals surface area contributed by atoms with Crippen molar-refractivity contribution in [2.45, 2.75) is 37.6 Å². The minimum atomic E-state index is -0.292. The first kappa shape index (κ1) is 18.0. The maximum absolute atomic E-state index is 12.1. The van der Waals surface area contributed by atoms with Crippen LogP contribution in [0.3, 0.4) is 0 Å². The van der Waals surface area contributed by atoms with Crippen molar-refractivity contribution in [1.82, 2.24) is 14.8 Å². The van der Waals surface area contributed by atoms with Crippen molar-refractivity contribution in [1.29, 1.82) is 0 Å². The lowest BCUT2D eigenvalue weighted by molar-refractivity contribution is -0.113. The molecule has 1 saturated heterocycles. The third kappa shape index (κ3) is 4.65. The fraction of sp³-hybridized carbons (Fsp3) is 0.438. The van der Waals surface area contributed by atoms with Crippen LogP contribution in [0.4, 0.5) is 5.69 Å². The Kier molecular flexibility index (Phi) is 5.82. The Labute approximate surface area is 154 Å². The van der Waals surface area contributed by atoms with E-state index >= 15 is 0 Å². The average molecular weight is 383 g/mol. The predicted molar refractivity (Wildman–Crippen MR) is 97.4 cm³/mol. The quantitative estimate of drug-likeness (QED) is 0.749. The number of thioether (sulfide) groups is 1.